The van der Waals surface area contributed by atoms with Crippen molar-refractivity contribution >= 4 is 0 Å². The molecule has 0 aliphatic carbocycles. The van der Waals surface area contributed by atoms with Crippen molar-refractivity contribution in [1.29, 1.82) is 0 Å². The van der Waals surface area contributed by atoms with Crippen molar-refractivity contribution < 1.29 is 31.9 Å². The molecule has 0 rings (SSSR count). The minimum Gasteiger partial charge on any atom is -0.393 e. The molecule has 0 radical (unpaired) electrons. The average Bonchev–Trinajstić information content (AvgIpc) is 1.21. The standard InChI is InChI=1S/C6H14O2.Ti/c1-5(7)4-6(2,3)8;/h5,7-8H,4H2,1-3H3;. The van der Waals surface area contributed by atoms with Crippen molar-refractivity contribution in [3.63, 3.8) is 0 Å². The van der Waals surface area contributed by atoms with Crippen LogP contribution in [0.15, 0.2) is 0 Å². The van der Waals surface area contributed by atoms with E-state index in [0.29, 0.717) is 6.42 Å². The molecule has 0 amide bonds. The van der Waals surface area contributed by atoms with Crippen LogP contribution in [0, 0.1) is 0 Å². The molecular weight excluding hydrogens is 152 g/mol. The molecule has 0 heterocycles. The fraction of sp³-hybridized carbons (Fsp3) is 1.00. The Labute approximate surface area is 71.2 Å². The smallest absolute Gasteiger partial charge is 0.0616 e. The van der Waals surface area contributed by atoms with Gasteiger partial charge in [0.1, 0.15) is 0 Å². The molecule has 54 valence electrons. The minimum absolute atomic E-state index is 0. The summed E-state index contributed by atoms with van der Waals surface area (Å²) < 4.78 is 0. The van der Waals surface area contributed by atoms with Crippen LogP contribution in [0.1, 0.15) is 27.2 Å². The Bertz CT molecular complexity index is 65.9. The molecular formula is C6H14O2Ti. The molecule has 1 atom stereocenters. The van der Waals surface area contributed by atoms with Crippen LogP contribution < -0.4 is 0 Å². The SMILES string of the molecule is CC(O)CC(C)(C)O.[Ti]. The summed E-state index contributed by atoms with van der Waals surface area (Å²) in [5.41, 5.74) is -0.728. The van der Waals surface area contributed by atoms with Gasteiger partial charge < -0.3 is 10.2 Å². The van der Waals surface area contributed by atoms with Crippen molar-refractivity contribution in [2.75, 3.05) is 0 Å². The molecule has 0 aliphatic rings. The minimum atomic E-state index is -0.728. The predicted octanol–water partition coefficient (Wildman–Crippen LogP) is 0.526. The molecule has 0 saturated carbocycles. The molecule has 0 spiro atoms. The van der Waals surface area contributed by atoms with Gasteiger partial charge in [-0.2, -0.15) is 0 Å². The Morgan fingerprint density at radius 3 is 1.78 bits per heavy atom. The normalized spacial score (nSPS) is 14.3. The average molecular weight is 166 g/mol. The molecule has 0 bridgehead atoms. The first-order valence-electron chi connectivity index (χ1n) is 2.82. The number of hydrogen-bond acceptors (Lipinski definition) is 2. The van der Waals surface area contributed by atoms with Gasteiger partial charge in [-0.15, -0.1) is 0 Å². The third-order valence-electron chi connectivity index (χ3n) is 0.795. The Hall–Kier alpha value is 0.634. The summed E-state index contributed by atoms with van der Waals surface area (Å²) in [6, 6.07) is 0. The first-order valence-corrected chi connectivity index (χ1v) is 2.82. The fourth-order valence-electron chi connectivity index (χ4n) is 0.723. The second-order valence-electron chi connectivity index (χ2n) is 2.87. The van der Waals surface area contributed by atoms with Crippen molar-refractivity contribution in [2.45, 2.75) is 38.9 Å². The van der Waals surface area contributed by atoms with Crippen LogP contribution in [-0.2, 0) is 21.7 Å². The van der Waals surface area contributed by atoms with Gasteiger partial charge in [0.15, 0.2) is 0 Å². The van der Waals surface area contributed by atoms with Crippen LogP contribution in [-0.4, -0.2) is 21.9 Å². The van der Waals surface area contributed by atoms with Gasteiger partial charge in [0.2, 0.25) is 0 Å². The summed E-state index contributed by atoms with van der Waals surface area (Å²) in [5, 5.41) is 17.8. The second-order valence-corrected chi connectivity index (χ2v) is 2.87. The maximum Gasteiger partial charge on any atom is 0.0616 e. The zero-order valence-corrected chi connectivity index (χ0v) is 7.74. The van der Waals surface area contributed by atoms with Gasteiger partial charge in [-0.25, -0.2) is 0 Å². The van der Waals surface area contributed by atoms with Crippen molar-refractivity contribution in [1.82, 2.24) is 0 Å². The number of aliphatic hydroxyl groups is 2. The predicted molar refractivity (Wildman–Crippen MR) is 32.6 cm³/mol. The molecule has 0 aromatic carbocycles. The molecule has 2 nitrogen and oxygen atoms in total. The zero-order chi connectivity index (χ0) is 6.78. The molecule has 1 unspecified atom stereocenters. The summed E-state index contributed by atoms with van der Waals surface area (Å²) in [6.07, 6.45) is 0.0301. The molecule has 3 heteroatoms. The summed E-state index contributed by atoms with van der Waals surface area (Å²) in [5.74, 6) is 0. The second kappa shape index (κ2) is 4.45. The third-order valence-corrected chi connectivity index (χ3v) is 0.795. The zero-order valence-electron chi connectivity index (χ0n) is 6.18. The molecule has 0 aromatic rings. The van der Waals surface area contributed by atoms with Gasteiger partial charge >= 0.3 is 0 Å². The Balaban J connectivity index is 0. The van der Waals surface area contributed by atoms with E-state index in [1.165, 1.54) is 0 Å². The van der Waals surface area contributed by atoms with Crippen LogP contribution in [0.4, 0.5) is 0 Å². The molecule has 9 heavy (non-hydrogen) atoms. The van der Waals surface area contributed by atoms with Gasteiger partial charge in [-0.1, -0.05) is 0 Å². The fourth-order valence-corrected chi connectivity index (χ4v) is 0.723. The van der Waals surface area contributed by atoms with E-state index in [0.717, 1.165) is 0 Å². The van der Waals surface area contributed by atoms with E-state index in [-0.39, 0.29) is 21.7 Å². The van der Waals surface area contributed by atoms with Crippen molar-refractivity contribution in [3.05, 3.63) is 0 Å². The van der Waals surface area contributed by atoms with E-state index < -0.39 is 11.7 Å². The van der Waals surface area contributed by atoms with Crippen LogP contribution in [0.5, 0.6) is 0 Å². The van der Waals surface area contributed by atoms with Gasteiger partial charge in [0.25, 0.3) is 0 Å². The van der Waals surface area contributed by atoms with E-state index in [9.17, 15) is 0 Å². The summed E-state index contributed by atoms with van der Waals surface area (Å²) >= 11 is 0. The maximum absolute atomic E-state index is 9.03. The van der Waals surface area contributed by atoms with Crippen molar-refractivity contribution in [2.24, 2.45) is 0 Å². The number of aliphatic hydroxyl groups excluding tert-OH is 1. The van der Waals surface area contributed by atoms with E-state index in [2.05, 4.69) is 0 Å². The quantitative estimate of drug-likeness (QED) is 0.587. The number of hydrogen-bond donors (Lipinski definition) is 2. The van der Waals surface area contributed by atoms with Crippen molar-refractivity contribution in [3.8, 4) is 0 Å². The molecule has 0 fully saturated rings. The van der Waals surface area contributed by atoms with Crippen LogP contribution in [0.2, 0.25) is 0 Å². The van der Waals surface area contributed by atoms with Gasteiger partial charge in [0.05, 0.1) is 11.7 Å². The van der Waals surface area contributed by atoms with Crippen LogP contribution >= 0.6 is 0 Å². The Morgan fingerprint density at radius 2 is 1.78 bits per heavy atom. The Kier molecular flexibility index (Phi) is 6.09. The number of rotatable bonds is 2. The molecule has 0 aromatic heterocycles. The third kappa shape index (κ3) is 12.0. The summed E-state index contributed by atoms with van der Waals surface area (Å²) in [7, 11) is 0. The van der Waals surface area contributed by atoms with E-state index in [1.807, 2.05) is 0 Å². The first kappa shape index (κ1) is 12.3. The first-order chi connectivity index (χ1) is 3.42. The largest absolute Gasteiger partial charge is 0.393 e. The Morgan fingerprint density at radius 1 is 1.44 bits per heavy atom. The maximum atomic E-state index is 9.03. The monoisotopic (exact) mass is 166 g/mol. The van der Waals surface area contributed by atoms with E-state index in [4.69, 9.17) is 10.2 Å². The van der Waals surface area contributed by atoms with Gasteiger partial charge in [-0.05, 0) is 20.8 Å². The molecule has 0 saturated heterocycles. The van der Waals surface area contributed by atoms with Gasteiger partial charge in [0, 0.05) is 28.1 Å². The van der Waals surface area contributed by atoms with Crippen LogP contribution in [0.3, 0.4) is 0 Å². The molecule has 2 N–H and O–H groups in total. The van der Waals surface area contributed by atoms with Crippen LogP contribution in [0.25, 0.3) is 0 Å². The summed E-state index contributed by atoms with van der Waals surface area (Å²) in [6.45, 7) is 5.03. The summed E-state index contributed by atoms with van der Waals surface area (Å²) in [4.78, 5) is 0. The van der Waals surface area contributed by atoms with Gasteiger partial charge in [-0.3, -0.25) is 0 Å². The molecule has 0 aliphatic heterocycles. The topological polar surface area (TPSA) is 40.5 Å². The van der Waals surface area contributed by atoms with E-state index in [1.54, 1.807) is 20.8 Å². The van der Waals surface area contributed by atoms with E-state index >= 15 is 0 Å².